The normalized spacial score (nSPS) is 10.6. The van der Waals surface area contributed by atoms with E-state index < -0.39 is 0 Å². The topological polar surface area (TPSA) is 43.4 Å². The van der Waals surface area contributed by atoms with Crippen molar-refractivity contribution in [2.24, 2.45) is 0 Å². The lowest BCUT2D eigenvalue weighted by atomic mass is 9.96. The Morgan fingerprint density at radius 3 is 2.41 bits per heavy atom. The van der Waals surface area contributed by atoms with E-state index in [1.807, 2.05) is 42.5 Å². The average Bonchev–Trinajstić information content (AvgIpc) is 2.56. The van der Waals surface area contributed by atoms with Gasteiger partial charge in [0.05, 0.1) is 6.61 Å². The van der Waals surface area contributed by atoms with Gasteiger partial charge < -0.3 is 4.74 Å². The summed E-state index contributed by atoms with van der Waals surface area (Å²) in [7, 11) is 0. The number of carbonyl (C=O) groups is 2. The van der Waals surface area contributed by atoms with Crippen molar-refractivity contribution in [3.63, 3.8) is 0 Å². The van der Waals surface area contributed by atoms with Crippen molar-refractivity contribution in [3.8, 4) is 0 Å². The first-order valence-electron chi connectivity index (χ1n) is 7.23. The molecule has 0 N–H and O–H groups in total. The lowest BCUT2D eigenvalue weighted by molar-refractivity contribution is -0.137. The van der Waals surface area contributed by atoms with E-state index in [0.29, 0.717) is 24.2 Å². The van der Waals surface area contributed by atoms with Gasteiger partial charge in [-0.3, -0.25) is 4.79 Å². The lowest BCUT2D eigenvalue weighted by Crippen LogP contribution is -2.05. The fourth-order valence-electron chi connectivity index (χ4n) is 2.14. The summed E-state index contributed by atoms with van der Waals surface area (Å²) in [4.78, 5) is 23.8. The zero-order chi connectivity index (χ0) is 15.8. The molecule has 0 spiro atoms. The van der Waals surface area contributed by atoms with Gasteiger partial charge in [0, 0.05) is 17.2 Å². The Morgan fingerprint density at radius 2 is 1.68 bits per heavy atom. The van der Waals surface area contributed by atoms with Crippen molar-refractivity contribution >= 4 is 11.8 Å². The van der Waals surface area contributed by atoms with Crippen molar-refractivity contribution in [1.29, 1.82) is 0 Å². The number of hydrogen-bond donors (Lipinski definition) is 0. The summed E-state index contributed by atoms with van der Waals surface area (Å²) in [5.74, 6) is -0.380. The van der Waals surface area contributed by atoms with Gasteiger partial charge in [-0.25, -0.2) is 4.79 Å². The highest BCUT2D eigenvalue weighted by Crippen LogP contribution is 2.15. The zero-order valence-corrected chi connectivity index (χ0v) is 12.5. The number of carbonyl (C=O) groups excluding carboxylic acids is 2. The van der Waals surface area contributed by atoms with E-state index in [0.717, 1.165) is 5.56 Å². The number of esters is 1. The van der Waals surface area contributed by atoms with Crippen molar-refractivity contribution < 1.29 is 14.3 Å². The summed E-state index contributed by atoms with van der Waals surface area (Å²) < 4.78 is 4.83. The zero-order valence-electron chi connectivity index (χ0n) is 12.5. The molecule has 0 amide bonds. The molecular weight excluding hydrogens is 276 g/mol. The van der Waals surface area contributed by atoms with Gasteiger partial charge in [-0.1, -0.05) is 60.7 Å². The molecule has 2 aromatic rings. The van der Waals surface area contributed by atoms with Crippen LogP contribution in [0.4, 0.5) is 0 Å². The summed E-state index contributed by atoms with van der Waals surface area (Å²) in [6.45, 7) is 2.12. The Labute approximate surface area is 130 Å². The largest absolute Gasteiger partial charge is 0.463 e. The van der Waals surface area contributed by atoms with Crippen molar-refractivity contribution in [3.05, 3.63) is 83.4 Å². The molecule has 0 atom stereocenters. The molecule has 0 saturated heterocycles. The molecule has 112 valence electrons. The van der Waals surface area contributed by atoms with Crippen LogP contribution in [-0.4, -0.2) is 18.4 Å². The second-order valence-electron chi connectivity index (χ2n) is 4.71. The summed E-state index contributed by atoms with van der Waals surface area (Å²) in [6, 6.07) is 16.6. The van der Waals surface area contributed by atoms with Gasteiger partial charge in [-0.05, 0) is 18.9 Å². The predicted molar refractivity (Wildman–Crippen MR) is 85.8 cm³/mol. The monoisotopic (exact) mass is 294 g/mol. The smallest absolute Gasteiger partial charge is 0.330 e. The quantitative estimate of drug-likeness (QED) is 0.464. The van der Waals surface area contributed by atoms with Crippen LogP contribution in [0.15, 0.2) is 66.7 Å². The Kier molecular flexibility index (Phi) is 5.66. The number of benzene rings is 2. The number of rotatable bonds is 6. The Morgan fingerprint density at radius 1 is 1.00 bits per heavy atom. The molecule has 0 aliphatic rings. The first-order chi connectivity index (χ1) is 10.7. The maximum absolute atomic E-state index is 12.6. The molecule has 3 heteroatoms. The van der Waals surface area contributed by atoms with Gasteiger partial charge in [0.25, 0.3) is 0 Å². The van der Waals surface area contributed by atoms with Crippen molar-refractivity contribution in [2.45, 2.75) is 13.3 Å². The standard InChI is InChI=1S/C19H18O3/c1-2-22-18(20)14-8-12-15-9-6-7-13-17(15)19(21)16-10-4-3-5-11-16/h3-11,13-14H,2,12H2,1H3/b14-8+. The number of ether oxygens (including phenoxy) is 1. The van der Waals surface area contributed by atoms with Crippen LogP contribution < -0.4 is 0 Å². The molecular formula is C19H18O3. The van der Waals surface area contributed by atoms with E-state index in [1.54, 1.807) is 25.1 Å². The Bertz CT molecular complexity index is 672. The van der Waals surface area contributed by atoms with Gasteiger partial charge >= 0.3 is 5.97 Å². The first kappa shape index (κ1) is 15.7. The molecule has 22 heavy (non-hydrogen) atoms. The third-order valence-electron chi connectivity index (χ3n) is 3.18. The highest BCUT2D eigenvalue weighted by Gasteiger charge is 2.11. The van der Waals surface area contributed by atoms with E-state index in [9.17, 15) is 9.59 Å². The Hall–Kier alpha value is -2.68. The van der Waals surface area contributed by atoms with Crippen molar-refractivity contribution in [2.75, 3.05) is 6.61 Å². The van der Waals surface area contributed by atoms with Crippen LogP contribution >= 0.6 is 0 Å². The van der Waals surface area contributed by atoms with Crippen LogP contribution in [0.3, 0.4) is 0 Å². The van der Waals surface area contributed by atoms with Crippen LogP contribution in [0, 0.1) is 0 Å². The SMILES string of the molecule is CCOC(=O)/C=C/Cc1ccccc1C(=O)c1ccccc1. The third-order valence-corrected chi connectivity index (χ3v) is 3.18. The molecule has 0 bridgehead atoms. The van der Waals surface area contributed by atoms with E-state index >= 15 is 0 Å². The fourth-order valence-corrected chi connectivity index (χ4v) is 2.14. The molecule has 3 nitrogen and oxygen atoms in total. The van der Waals surface area contributed by atoms with Crippen LogP contribution in [0.25, 0.3) is 0 Å². The second kappa shape index (κ2) is 7.93. The molecule has 0 aliphatic heterocycles. The molecule has 0 fully saturated rings. The highest BCUT2D eigenvalue weighted by molar-refractivity contribution is 6.09. The van der Waals surface area contributed by atoms with Crippen LogP contribution in [0.5, 0.6) is 0 Å². The van der Waals surface area contributed by atoms with Crippen LogP contribution in [0.2, 0.25) is 0 Å². The maximum Gasteiger partial charge on any atom is 0.330 e. The number of hydrogen-bond acceptors (Lipinski definition) is 3. The van der Waals surface area contributed by atoms with E-state index in [-0.39, 0.29) is 11.8 Å². The summed E-state index contributed by atoms with van der Waals surface area (Å²) in [5.41, 5.74) is 2.20. The number of allylic oxidation sites excluding steroid dienone is 1. The van der Waals surface area contributed by atoms with E-state index in [4.69, 9.17) is 4.74 Å². The van der Waals surface area contributed by atoms with Gasteiger partial charge in [-0.2, -0.15) is 0 Å². The molecule has 0 saturated carbocycles. The molecule has 0 heterocycles. The van der Waals surface area contributed by atoms with Crippen LogP contribution in [0.1, 0.15) is 28.4 Å². The summed E-state index contributed by atoms with van der Waals surface area (Å²) >= 11 is 0. The maximum atomic E-state index is 12.6. The average molecular weight is 294 g/mol. The minimum Gasteiger partial charge on any atom is -0.463 e. The molecule has 0 aliphatic carbocycles. The van der Waals surface area contributed by atoms with Gasteiger partial charge in [0.1, 0.15) is 0 Å². The van der Waals surface area contributed by atoms with E-state index in [1.165, 1.54) is 6.08 Å². The van der Waals surface area contributed by atoms with Gasteiger partial charge in [-0.15, -0.1) is 0 Å². The summed E-state index contributed by atoms with van der Waals surface area (Å²) in [5, 5.41) is 0. The van der Waals surface area contributed by atoms with Gasteiger partial charge in [0.15, 0.2) is 5.78 Å². The van der Waals surface area contributed by atoms with Gasteiger partial charge in [0.2, 0.25) is 0 Å². The molecule has 2 aromatic carbocycles. The number of ketones is 1. The van der Waals surface area contributed by atoms with Crippen molar-refractivity contribution in [1.82, 2.24) is 0 Å². The minimum atomic E-state index is -0.366. The van der Waals surface area contributed by atoms with E-state index in [2.05, 4.69) is 0 Å². The molecule has 0 aromatic heterocycles. The molecule has 0 unspecified atom stereocenters. The minimum absolute atomic E-state index is 0.0132. The third kappa shape index (κ3) is 4.16. The lowest BCUT2D eigenvalue weighted by Gasteiger charge is -2.07. The summed E-state index contributed by atoms with van der Waals surface area (Å²) in [6.07, 6.45) is 3.62. The van der Waals surface area contributed by atoms with Crippen LogP contribution in [-0.2, 0) is 16.0 Å². The highest BCUT2D eigenvalue weighted by atomic mass is 16.5. The Balaban J connectivity index is 2.17. The first-order valence-corrected chi connectivity index (χ1v) is 7.23. The molecule has 2 rings (SSSR count). The molecule has 0 radical (unpaired) electrons. The fraction of sp³-hybridized carbons (Fsp3) is 0.158. The predicted octanol–water partition coefficient (Wildman–Crippen LogP) is 3.58. The second-order valence-corrected chi connectivity index (χ2v) is 4.71.